The van der Waals surface area contributed by atoms with Gasteiger partial charge in [-0.3, -0.25) is 9.69 Å². The van der Waals surface area contributed by atoms with Crippen LogP contribution in [-0.4, -0.2) is 35.1 Å². The maximum Gasteiger partial charge on any atom is 0.135 e. The smallest absolute Gasteiger partial charge is 0.135 e. The van der Waals surface area contributed by atoms with E-state index in [2.05, 4.69) is 11.8 Å². The molecule has 1 unspecified atom stereocenters. The molecule has 3 heteroatoms. The Hall–Kier alpha value is -0.410. The minimum Gasteiger partial charge on any atom is -0.378 e. The monoisotopic (exact) mass is 283 g/mol. The molecule has 1 aliphatic heterocycles. The van der Waals surface area contributed by atoms with Gasteiger partial charge < -0.3 is 5.11 Å². The predicted octanol–water partition coefficient (Wildman–Crippen LogP) is 3.89. The number of Topliss-reactive ketones (excluding diaryl/α,β-unsaturated/α-hetero) is 1. The number of carbonyl (C=O) groups excluding carboxylic acids is 1. The number of piperidine rings is 1. The maximum atomic E-state index is 11.1. The van der Waals surface area contributed by atoms with E-state index in [1.165, 1.54) is 51.4 Å². The Morgan fingerprint density at radius 2 is 1.45 bits per heavy atom. The molecular weight excluding hydrogens is 250 g/mol. The van der Waals surface area contributed by atoms with Gasteiger partial charge in [0.25, 0.3) is 0 Å². The molecule has 1 saturated heterocycles. The van der Waals surface area contributed by atoms with Crippen LogP contribution in [0.15, 0.2) is 0 Å². The van der Waals surface area contributed by atoms with Crippen LogP contribution in [0.4, 0.5) is 0 Å². The number of aliphatic hydroxyl groups is 1. The summed E-state index contributed by atoms with van der Waals surface area (Å²) in [6.45, 7) is 3.75. The van der Waals surface area contributed by atoms with Gasteiger partial charge in [-0.15, -0.1) is 0 Å². The van der Waals surface area contributed by atoms with E-state index in [4.69, 9.17) is 0 Å². The molecule has 0 radical (unpaired) electrons. The van der Waals surface area contributed by atoms with Crippen molar-refractivity contribution < 1.29 is 9.90 Å². The van der Waals surface area contributed by atoms with Crippen LogP contribution in [-0.2, 0) is 4.79 Å². The van der Waals surface area contributed by atoms with E-state index in [0.717, 1.165) is 25.9 Å². The number of ketones is 1. The van der Waals surface area contributed by atoms with Gasteiger partial charge in [-0.2, -0.15) is 0 Å². The fourth-order valence-corrected chi connectivity index (χ4v) is 2.89. The molecule has 0 amide bonds. The highest BCUT2D eigenvalue weighted by Gasteiger charge is 2.21. The standard InChI is InChI=1S/C17H33NO2/c1-2-3-4-5-6-7-8-9-10-11-17(20)18-14-12-16(19)13-15-18/h17,20H,2-15H2,1H3. The first-order valence-electron chi connectivity index (χ1n) is 8.68. The Kier molecular flexibility index (Phi) is 9.94. The van der Waals surface area contributed by atoms with Crippen LogP contribution in [0.2, 0.25) is 0 Å². The maximum absolute atomic E-state index is 11.1. The SMILES string of the molecule is CCCCCCCCCCCC(O)N1CCC(=O)CC1. The number of unbranched alkanes of at least 4 members (excludes halogenated alkanes) is 8. The van der Waals surface area contributed by atoms with Crippen LogP contribution < -0.4 is 0 Å². The lowest BCUT2D eigenvalue weighted by Gasteiger charge is -2.30. The highest BCUT2D eigenvalue weighted by Crippen LogP contribution is 2.15. The van der Waals surface area contributed by atoms with Gasteiger partial charge in [0.15, 0.2) is 0 Å². The van der Waals surface area contributed by atoms with Crippen molar-refractivity contribution in [3.05, 3.63) is 0 Å². The average molecular weight is 283 g/mol. The fourth-order valence-electron chi connectivity index (χ4n) is 2.89. The van der Waals surface area contributed by atoms with E-state index in [9.17, 15) is 9.90 Å². The van der Waals surface area contributed by atoms with E-state index in [1.807, 2.05) is 0 Å². The predicted molar refractivity (Wildman–Crippen MR) is 83.7 cm³/mol. The quantitative estimate of drug-likeness (QED) is 0.585. The third kappa shape index (κ3) is 8.01. The van der Waals surface area contributed by atoms with Crippen LogP contribution in [0.5, 0.6) is 0 Å². The van der Waals surface area contributed by atoms with E-state index in [-0.39, 0.29) is 6.23 Å². The van der Waals surface area contributed by atoms with Gasteiger partial charge in [0.1, 0.15) is 12.0 Å². The normalized spacial score (nSPS) is 18.4. The number of hydrogen-bond donors (Lipinski definition) is 1. The second-order valence-corrected chi connectivity index (χ2v) is 6.17. The number of rotatable bonds is 11. The molecule has 20 heavy (non-hydrogen) atoms. The molecule has 1 fully saturated rings. The first-order valence-corrected chi connectivity index (χ1v) is 8.68. The second kappa shape index (κ2) is 11.3. The average Bonchev–Trinajstić information content (AvgIpc) is 2.46. The van der Waals surface area contributed by atoms with Gasteiger partial charge in [-0.25, -0.2) is 0 Å². The molecule has 0 aromatic rings. The van der Waals surface area contributed by atoms with Crippen molar-refractivity contribution in [3.8, 4) is 0 Å². The lowest BCUT2D eigenvalue weighted by Crippen LogP contribution is -2.41. The van der Waals surface area contributed by atoms with E-state index in [1.54, 1.807) is 0 Å². The summed E-state index contributed by atoms with van der Waals surface area (Å²) in [7, 11) is 0. The fraction of sp³-hybridized carbons (Fsp3) is 0.941. The summed E-state index contributed by atoms with van der Waals surface area (Å²) in [5.41, 5.74) is 0. The van der Waals surface area contributed by atoms with E-state index in [0.29, 0.717) is 18.6 Å². The topological polar surface area (TPSA) is 40.5 Å². The molecule has 3 nitrogen and oxygen atoms in total. The zero-order valence-electron chi connectivity index (χ0n) is 13.3. The molecule has 1 heterocycles. The highest BCUT2D eigenvalue weighted by molar-refractivity contribution is 5.79. The van der Waals surface area contributed by atoms with E-state index < -0.39 is 0 Å². The molecular formula is C17H33NO2. The Morgan fingerprint density at radius 1 is 0.950 bits per heavy atom. The molecule has 1 aliphatic rings. The Bertz CT molecular complexity index is 245. The van der Waals surface area contributed by atoms with Crippen molar-refractivity contribution in [1.82, 2.24) is 4.90 Å². The molecule has 0 aromatic heterocycles. The number of likely N-dealkylation sites (tertiary alicyclic amines) is 1. The minimum absolute atomic E-state index is 0.326. The van der Waals surface area contributed by atoms with Gasteiger partial charge in [-0.1, -0.05) is 58.3 Å². The van der Waals surface area contributed by atoms with Gasteiger partial charge >= 0.3 is 0 Å². The largest absolute Gasteiger partial charge is 0.378 e. The van der Waals surface area contributed by atoms with Crippen LogP contribution in [0.1, 0.15) is 84.0 Å². The first kappa shape index (κ1) is 17.6. The zero-order chi connectivity index (χ0) is 14.6. The Morgan fingerprint density at radius 3 is 2.00 bits per heavy atom. The molecule has 118 valence electrons. The van der Waals surface area contributed by atoms with Gasteiger partial charge in [0, 0.05) is 25.9 Å². The number of hydrogen-bond acceptors (Lipinski definition) is 3. The molecule has 0 saturated carbocycles. The number of nitrogens with zero attached hydrogens (tertiary/aromatic N) is 1. The number of carbonyl (C=O) groups is 1. The van der Waals surface area contributed by atoms with Crippen molar-refractivity contribution in [2.24, 2.45) is 0 Å². The molecule has 0 spiro atoms. The van der Waals surface area contributed by atoms with Crippen LogP contribution >= 0.6 is 0 Å². The molecule has 1 N–H and O–H groups in total. The van der Waals surface area contributed by atoms with Crippen LogP contribution in [0.25, 0.3) is 0 Å². The van der Waals surface area contributed by atoms with Gasteiger partial charge in [-0.05, 0) is 12.8 Å². The molecule has 0 bridgehead atoms. The Balaban J connectivity index is 1.89. The molecule has 1 rings (SSSR count). The van der Waals surface area contributed by atoms with Crippen molar-refractivity contribution in [1.29, 1.82) is 0 Å². The summed E-state index contributed by atoms with van der Waals surface area (Å²) < 4.78 is 0. The van der Waals surface area contributed by atoms with Crippen LogP contribution in [0, 0.1) is 0 Å². The van der Waals surface area contributed by atoms with Crippen molar-refractivity contribution in [3.63, 3.8) is 0 Å². The zero-order valence-corrected chi connectivity index (χ0v) is 13.3. The van der Waals surface area contributed by atoms with Gasteiger partial charge in [0.2, 0.25) is 0 Å². The lowest BCUT2D eigenvalue weighted by molar-refractivity contribution is -0.124. The molecule has 1 atom stereocenters. The number of aliphatic hydroxyl groups excluding tert-OH is 1. The lowest BCUT2D eigenvalue weighted by atomic mass is 10.0. The van der Waals surface area contributed by atoms with Crippen molar-refractivity contribution in [2.75, 3.05) is 13.1 Å². The third-order valence-corrected chi connectivity index (χ3v) is 4.34. The Labute approximate surface area is 124 Å². The summed E-state index contributed by atoms with van der Waals surface area (Å²) in [6, 6.07) is 0. The summed E-state index contributed by atoms with van der Waals surface area (Å²) in [5, 5.41) is 10.1. The summed E-state index contributed by atoms with van der Waals surface area (Å²) in [6.07, 6.45) is 13.6. The summed E-state index contributed by atoms with van der Waals surface area (Å²) in [5.74, 6) is 0.344. The van der Waals surface area contributed by atoms with Crippen molar-refractivity contribution >= 4 is 5.78 Å². The minimum atomic E-state index is -0.326. The van der Waals surface area contributed by atoms with Crippen LogP contribution in [0.3, 0.4) is 0 Å². The summed E-state index contributed by atoms with van der Waals surface area (Å²) >= 11 is 0. The molecule has 0 aromatic carbocycles. The highest BCUT2D eigenvalue weighted by atomic mass is 16.3. The molecule has 0 aliphatic carbocycles. The first-order chi connectivity index (χ1) is 9.74. The second-order valence-electron chi connectivity index (χ2n) is 6.17. The van der Waals surface area contributed by atoms with E-state index >= 15 is 0 Å². The summed E-state index contributed by atoms with van der Waals surface area (Å²) in [4.78, 5) is 13.2. The third-order valence-electron chi connectivity index (χ3n) is 4.34. The van der Waals surface area contributed by atoms with Gasteiger partial charge in [0.05, 0.1) is 0 Å². The van der Waals surface area contributed by atoms with Crippen molar-refractivity contribution in [2.45, 2.75) is 90.2 Å².